The summed E-state index contributed by atoms with van der Waals surface area (Å²) in [6.45, 7) is -0.216. The Morgan fingerprint density at radius 3 is 2.50 bits per heavy atom. The second-order valence-corrected chi connectivity index (χ2v) is 4.87. The monoisotopic (exact) mass is 320 g/mol. The van der Waals surface area contributed by atoms with E-state index in [0.717, 1.165) is 4.57 Å². The van der Waals surface area contributed by atoms with E-state index in [4.69, 9.17) is 11.6 Å². The van der Waals surface area contributed by atoms with Gasteiger partial charge in [0.15, 0.2) is 0 Å². The van der Waals surface area contributed by atoms with Gasteiger partial charge in [0.25, 0.3) is 5.56 Å². The van der Waals surface area contributed by atoms with Gasteiger partial charge < -0.3 is 14.6 Å². The molecule has 0 aliphatic carbocycles. The Bertz CT molecular complexity index is 753. The minimum atomic E-state index is -0.577. The van der Waals surface area contributed by atoms with Gasteiger partial charge in [-0.25, -0.2) is 4.79 Å². The number of methoxy groups -OCH3 is 1. The van der Waals surface area contributed by atoms with Crippen LogP contribution in [0.25, 0.3) is 0 Å². The van der Waals surface area contributed by atoms with Crippen LogP contribution < -0.4 is 10.9 Å². The lowest BCUT2D eigenvalue weighted by molar-refractivity contribution is -0.116. The number of hydrogen-bond donors (Lipinski definition) is 1. The van der Waals surface area contributed by atoms with Crippen molar-refractivity contribution in [2.24, 2.45) is 0 Å². The Labute approximate surface area is 131 Å². The fourth-order valence-corrected chi connectivity index (χ4v) is 1.91. The average Bonchev–Trinajstić information content (AvgIpc) is 2.51. The van der Waals surface area contributed by atoms with E-state index in [2.05, 4.69) is 10.1 Å². The summed E-state index contributed by atoms with van der Waals surface area (Å²) in [5.41, 5.74) is 0.367. The molecule has 1 aromatic heterocycles. The summed E-state index contributed by atoms with van der Waals surface area (Å²) < 4.78 is 5.71. The average molecular weight is 321 g/mol. The number of pyridine rings is 1. The second kappa shape index (κ2) is 6.91. The van der Waals surface area contributed by atoms with Crippen LogP contribution in [0, 0.1) is 0 Å². The van der Waals surface area contributed by atoms with Crippen LogP contribution in [0.4, 0.5) is 5.69 Å². The van der Waals surface area contributed by atoms with Gasteiger partial charge >= 0.3 is 5.97 Å². The third-order valence-corrected chi connectivity index (χ3v) is 3.10. The van der Waals surface area contributed by atoms with Crippen LogP contribution in [-0.2, 0) is 16.1 Å². The summed E-state index contributed by atoms with van der Waals surface area (Å²) in [4.78, 5) is 35.1. The number of aromatic nitrogens is 1. The number of hydrogen-bond acceptors (Lipinski definition) is 4. The fourth-order valence-electron chi connectivity index (χ4n) is 1.78. The molecular formula is C15H13ClN2O4. The Hall–Kier alpha value is -2.60. The lowest BCUT2D eigenvalue weighted by atomic mass is 10.3. The van der Waals surface area contributed by atoms with Crippen molar-refractivity contribution in [3.8, 4) is 0 Å². The number of carbonyl (C=O) groups excluding carboxylic acids is 2. The molecule has 1 amide bonds. The molecule has 22 heavy (non-hydrogen) atoms. The van der Waals surface area contributed by atoms with Gasteiger partial charge in [-0.1, -0.05) is 11.6 Å². The van der Waals surface area contributed by atoms with Crippen LogP contribution in [0.2, 0.25) is 5.02 Å². The number of anilines is 1. The highest BCUT2D eigenvalue weighted by atomic mass is 35.5. The van der Waals surface area contributed by atoms with Gasteiger partial charge in [-0.05, 0) is 30.3 Å². The second-order valence-electron chi connectivity index (χ2n) is 4.43. The fraction of sp³-hybridized carbons (Fsp3) is 0.133. The van der Waals surface area contributed by atoms with Gasteiger partial charge in [0.05, 0.1) is 12.7 Å². The van der Waals surface area contributed by atoms with Crippen molar-refractivity contribution in [3.63, 3.8) is 0 Å². The molecule has 0 unspecified atom stereocenters. The smallest absolute Gasteiger partial charge is 0.339 e. The van der Waals surface area contributed by atoms with Crippen LogP contribution in [0.15, 0.2) is 47.4 Å². The van der Waals surface area contributed by atoms with Crippen molar-refractivity contribution in [1.82, 2.24) is 4.57 Å². The first kappa shape index (κ1) is 15.8. The molecule has 0 spiro atoms. The zero-order chi connectivity index (χ0) is 16.1. The molecule has 0 bridgehead atoms. The van der Waals surface area contributed by atoms with E-state index in [1.807, 2.05) is 0 Å². The normalized spacial score (nSPS) is 10.1. The minimum absolute atomic E-state index is 0.196. The standard InChI is InChI=1S/C15H13ClN2O4/c1-22-15(21)10-2-7-14(20)18(8-10)9-13(19)17-12-5-3-11(16)4-6-12/h2-8H,9H2,1H3,(H,17,19). The predicted molar refractivity (Wildman–Crippen MR) is 82.1 cm³/mol. The highest BCUT2D eigenvalue weighted by Crippen LogP contribution is 2.13. The van der Waals surface area contributed by atoms with E-state index in [-0.39, 0.29) is 17.7 Å². The van der Waals surface area contributed by atoms with Gasteiger partial charge in [-0.2, -0.15) is 0 Å². The molecule has 114 valence electrons. The highest BCUT2D eigenvalue weighted by molar-refractivity contribution is 6.30. The van der Waals surface area contributed by atoms with Crippen molar-refractivity contribution in [1.29, 1.82) is 0 Å². The third-order valence-electron chi connectivity index (χ3n) is 2.85. The molecule has 6 nitrogen and oxygen atoms in total. The molecule has 2 aromatic rings. The van der Waals surface area contributed by atoms with Gasteiger partial charge in [0, 0.05) is 23.0 Å². The summed E-state index contributed by atoms with van der Waals surface area (Å²) in [5.74, 6) is -0.974. The van der Waals surface area contributed by atoms with Crippen LogP contribution in [0.1, 0.15) is 10.4 Å². The Morgan fingerprint density at radius 1 is 1.18 bits per heavy atom. The molecule has 2 rings (SSSR count). The molecule has 0 aliphatic heterocycles. The van der Waals surface area contributed by atoms with E-state index in [9.17, 15) is 14.4 Å². The molecule has 1 heterocycles. The number of carbonyl (C=O) groups is 2. The highest BCUT2D eigenvalue weighted by Gasteiger charge is 2.10. The zero-order valence-corrected chi connectivity index (χ0v) is 12.5. The molecule has 1 N–H and O–H groups in total. The maximum absolute atomic E-state index is 11.9. The first-order valence-electron chi connectivity index (χ1n) is 6.34. The first-order valence-corrected chi connectivity index (χ1v) is 6.71. The number of amides is 1. The van der Waals surface area contributed by atoms with Crippen LogP contribution >= 0.6 is 11.6 Å². The number of halogens is 1. The summed E-state index contributed by atoms with van der Waals surface area (Å²) >= 11 is 5.76. The predicted octanol–water partition coefficient (Wildman–Crippen LogP) is 1.93. The van der Waals surface area contributed by atoms with E-state index >= 15 is 0 Å². The minimum Gasteiger partial charge on any atom is -0.465 e. The van der Waals surface area contributed by atoms with E-state index < -0.39 is 11.9 Å². The lowest BCUT2D eigenvalue weighted by Crippen LogP contribution is -2.27. The molecular weight excluding hydrogens is 308 g/mol. The van der Waals surface area contributed by atoms with Gasteiger partial charge in [-0.3, -0.25) is 9.59 Å². The molecule has 0 aliphatic rings. The number of nitrogens with one attached hydrogen (secondary N) is 1. The van der Waals surface area contributed by atoms with Crippen molar-refractivity contribution < 1.29 is 14.3 Å². The van der Waals surface area contributed by atoms with E-state index in [1.165, 1.54) is 25.4 Å². The Morgan fingerprint density at radius 2 is 1.86 bits per heavy atom. The molecule has 0 radical (unpaired) electrons. The first-order chi connectivity index (χ1) is 10.5. The summed E-state index contributed by atoms with van der Waals surface area (Å²) in [7, 11) is 1.24. The van der Waals surface area contributed by atoms with Crippen LogP contribution in [0.5, 0.6) is 0 Å². The van der Waals surface area contributed by atoms with Gasteiger partial charge in [-0.15, -0.1) is 0 Å². The number of benzene rings is 1. The summed E-state index contributed by atoms with van der Waals surface area (Å²) in [5, 5.41) is 3.19. The van der Waals surface area contributed by atoms with E-state index in [1.54, 1.807) is 24.3 Å². The topological polar surface area (TPSA) is 77.4 Å². The Kier molecular flexibility index (Phi) is 4.95. The van der Waals surface area contributed by atoms with Gasteiger partial charge in [0.2, 0.25) is 5.91 Å². The Balaban J connectivity index is 2.12. The summed E-state index contributed by atoms with van der Waals surface area (Å²) in [6, 6.07) is 9.13. The van der Waals surface area contributed by atoms with Crippen LogP contribution in [-0.4, -0.2) is 23.6 Å². The quantitative estimate of drug-likeness (QED) is 0.873. The number of rotatable bonds is 4. The largest absolute Gasteiger partial charge is 0.465 e. The SMILES string of the molecule is COC(=O)c1ccc(=O)n(CC(=O)Nc2ccc(Cl)cc2)c1. The lowest BCUT2D eigenvalue weighted by Gasteiger charge is -2.08. The third kappa shape index (κ3) is 3.95. The van der Waals surface area contributed by atoms with Crippen molar-refractivity contribution in [2.75, 3.05) is 12.4 Å². The number of ether oxygens (including phenoxy) is 1. The molecule has 0 atom stereocenters. The number of nitrogens with zero attached hydrogens (tertiary/aromatic N) is 1. The zero-order valence-electron chi connectivity index (χ0n) is 11.7. The molecule has 0 fully saturated rings. The molecule has 0 saturated heterocycles. The van der Waals surface area contributed by atoms with Crippen molar-refractivity contribution in [2.45, 2.75) is 6.54 Å². The van der Waals surface area contributed by atoms with Crippen LogP contribution in [0.3, 0.4) is 0 Å². The maximum atomic E-state index is 11.9. The van der Waals surface area contributed by atoms with Crippen molar-refractivity contribution in [3.05, 3.63) is 63.5 Å². The van der Waals surface area contributed by atoms with Crippen molar-refractivity contribution >= 4 is 29.2 Å². The van der Waals surface area contributed by atoms with Gasteiger partial charge in [0.1, 0.15) is 6.54 Å². The molecule has 7 heteroatoms. The molecule has 1 aromatic carbocycles. The van der Waals surface area contributed by atoms with E-state index in [0.29, 0.717) is 10.7 Å². The number of esters is 1. The maximum Gasteiger partial charge on any atom is 0.339 e. The summed E-state index contributed by atoms with van der Waals surface area (Å²) in [6.07, 6.45) is 1.29. The molecule has 0 saturated carbocycles.